The van der Waals surface area contributed by atoms with Crippen LogP contribution >= 0.6 is 22.6 Å². The number of nitrogens with zero attached hydrogens (tertiary/aromatic N) is 1. The Bertz CT molecular complexity index is 242. The lowest BCUT2D eigenvalue weighted by Gasteiger charge is -2.39. The summed E-state index contributed by atoms with van der Waals surface area (Å²) < 4.78 is 1.44. The summed E-state index contributed by atoms with van der Waals surface area (Å²) in [4.78, 5) is 0. The van der Waals surface area contributed by atoms with E-state index in [0.717, 1.165) is 4.48 Å². The predicted octanol–water partition coefficient (Wildman–Crippen LogP) is 4.64. The molecule has 0 aliphatic carbocycles. The maximum atomic E-state index is 5.63. The summed E-state index contributed by atoms with van der Waals surface area (Å²) in [7, 11) is 4.70. The standard InChI is InChI=1S/C16H31IN/c1-6-9-10-11-12-14-18(4,5)16(13-7-2)15(17)8-3/h3,15-16H,6-7,9-14H2,1-2,4-5H3/q+1. The van der Waals surface area contributed by atoms with E-state index in [0.29, 0.717) is 9.97 Å². The van der Waals surface area contributed by atoms with Gasteiger partial charge >= 0.3 is 0 Å². The molecule has 2 unspecified atom stereocenters. The molecule has 0 aromatic heterocycles. The third-order valence-electron chi connectivity index (χ3n) is 3.82. The van der Waals surface area contributed by atoms with E-state index in [4.69, 9.17) is 6.42 Å². The molecule has 18 heavy (non-hydrogen) atoms. The second-order valence-corrected chi connectivity index (χ2v) is 7.18. The minimum atomic E-state index is 0.355. The van der Waals surface area contributed by atoms with E-state index in [2.05, 4.69) is 56.5 Å². The Kier molecular flexibility index (Phi) is 10.2. The summed E-state index contributed by atoms with van der Waals surface area (Å²) in [5.41, 5.74) is 0. The topological polar surface area (TPSA) is 0 Å². The highest BCUT2D eigenvalue weighted by Crippen LogP contribution is 2.23. The molecular weight excluding hydrogens is 333 g/mol. The number of terminal acetylenes is 1. The highest BCUT2D eigenvalue weighted by Gasteiger charge is 2.32. The van der Waals surface area contributed by atoms with Crippen molar-refractivity contribution < 1.29 is 4.48 Å². The third-order valence-corrected chi connectivity index (χ3v) is 5.01. The summed E-state index contributed by atoms with van der Waals surface area (Å²) in [5.74, 6) is 2.94. The fourth-order valence-corrected chi connectivity index (χ4v) is 3.78. The Morgan fingerprint density at radius 3 is 2.17 bits per heavy atom. The Hall–Kier alpha value is 0.250. The van der Waals surface area contributed by atoms with Gasteiger partial charge in [-0.1, -0.05) is 68.0 Å². The van der Waals surface area contributed by atoms with Gasteiger partial charge in [0.1, 0.15) is 9.97 Å². The molecule has 0 rings (SSSR count). The number of alkyl halides is 1. The van der Waals surface area contributed by atoms with Crippen molar-refractivity contribution in [2.75, 3.05) is 20.6 Å². The van der Waals surface area contributed by atoms with Gasteiger partial charge < -0.3 is 4.48 Å². The van der Waals surface area contributed by atoms with Crippen molar-refractivity contribution in [2.45, 2.75) is 68.8 Å². The molecular formula is C16H31IN+. The van der Waals surface area contributed by atoms with Gasteiger partial charge in [0.15, 0.2) is 0 Å². The van der Waals surface area contributed by atoms with E-state index >= 15 is 0 Å². The number of hydrogen-bond donors (Lipinski definition) is 0. The molecule has 0 N–H and O–H groups in total. The zero-order valence-electron chi connectivity index (χ0n) is 12.7. The summed E-state index contributed by atoms with van der Waals surface area (Å²) in [6.07, 6.45) is 14.9. The lowest BCUT2D eigenvalue weighted by Crippen LogP contribution is -2.53. The first-order valence-electron chi connectivity index (χ1n) is 7.42. The lowest BCUT2D eigenvalue weighted by atomic mass is 10.0. The van der Waals surface area contributed by atoms with Crippen LogP contribution in [0.25, 0.3) is 0 Å². The van der Waals surface area contributed by atoms with Crippen LogP contribution < -0.4 is 0 Å². The number of quaternary nitrogens is 1. The summed E-state index contributed by atoms with van der Waals surface area (Å²) in [6.45, 7) is 5.79. The molecule has 2 heteroatoms. The summed E-state index contributed by atoms with van der Waals surface area (Å²) in [5, 5.41) is 0. The van der Waals surface area contributed by atoms with Crippen molar-refractivity contribution in [2.24, 2.45) is 0 Å². The first kappa shape index (κ1) is 18.2. The summed E-state index contributed by atoms with van der Waals surface area (Å²) >= 11 is 2.44. The Balaban J connectivity index is 4.23. The molecule has 0 aliphatic heterocycles. The SMILES string of the molecule is C#CC(I)C(CCC)[N+](C)(C)CCCCCCC. The highest BCUT2D eigenvalue weighted by atomic mass is 127. The van der Waals surface area contributed by atoms with Crippen LogP contribution in [0.5, 0.6) is 0 Å². The van der Waals surface area contributed by atoms with Crippen molar-refractivity contribution in [1.82, 2.24) is 0 Å². The molecule has 0 aliphatic rings. The maximum absolute atomic E-state index is 5.63. The minimum absolute atomic E-state index is 0.355. The van der Waals surface area contributed by atoms with Crippen LogP contribution in [-0.2, 0) is 0 Å². The molecule has 0 aromatic carbocycles. The van der Waals surface area contributed by atoms with E-state index < -0.39 is 0 Å². The van der Waals surface area contributed by atoms with E-state index in [9.17, 15) is 0 Å². The molecule has 0 spiro atoms. The molecule has 106 valence electrons. The van der Waals surface area contributed by atoms with Gasteiger partial charge in [0.2, 0.25) is 0 Å². The highest BCUT2D eigenvalue weighted by molar-refractivity contribution is 14.1. The second kappa shape index (κ2) is 10.1. The van der Waals surface area contributed by atoms with Gasteiger partial charge in [-0.15, -0.1) is 6.42 Å². The monoisotopic (exact) mass is 364 g/mol. The van der Waals surface area contributed by atoms with Crippen molar-refractivity contribution >= 4 is 22.6 Å². The molecule has 0 bridgehead atoms. The molecule has 0 amide bonds. The van der Waals surface area contributed by atoms with Crippen LogP contribution in [0.2, 0.25) is 0 Å². The molecule has 0 fully saturated rings. The van der Waals surface area contributed by atoms with Gasteiger partial charge in [0.05, 0.1) is 20.6 Å². The number of halogens is 1. The van der Waals surface area contributed by atoms with Crippen LogP contribution in [0, 0.1) is 12.3 Å². The van der Waals surface area contributed by atoms with Crippen LogP contribution in [0.3, 0.4) is 0 Å². The van der Waals surface area contributed by atoms with Gasteiger partial charge in [-0.3, -0.25) is 0 Å². The molecule has 0 aromatic rings. The van der Waals surface area contributed by atoms with Gasteiger partial charge in [0.25, 0.3) is 0 Å². The Morgan fingerprint density at radius 2 is 1.67 bits per heavy atom. The molecule has 0 saturated carbocycles. The molecule has 0 radical (unpaired) electrons. The smallest absolute Gasteiger partial charge is 0.123 e. The zero-order chi connectivity index (χ0) is 14.0. The predicted molar refractivity (Wildman–Crippen MR) is 91.1 cm³/mol. The van der Waals surface area contributed by atoms with Gasteiger partial charge in [0, 0.05) is 6.42 Å². The van der Waals surface area contributed by atoms with Crippen molar-refractivity contribution in [3.05, 3.63) is 0 Å². The van der Waals surface area contributed by atoms with Gasteiger partial charge in [-0.25, -0.2) is 0 Å². The van der Waals surface area contributed by atoms with Crippen molar-refractivity contribution in [3.8, 4) is 12.3 Å². The number of unbranched alkanes of at least 4 members (excludes halogenated alkanes) is 4. The maximum Gasteiger partial charge on any atom is 0.123 e. The number of rotatable bonds is 10. The van der Waals surface area contributed by atoms with Gasteiger partial charge in [-0.2, -0.15) is 0 Å². The van der Waals surface area contributed by atoms with E-state index in [1.54, 1.807) is 0 Å². The van der Waals surface area contributed by atoms with Crippen molar-refractivity contribution in [3.63, 3.8) is 0 Å². The quantitative estimate of drug-likeness (QED) is 0.174. The van der Waals surface area contributed by atoms with Crippen molar-refractivity contribution in [1.29, 1.82) is 0 Å². The lowest BCUT2D eigenvalue weighted by molar-refractivity contribution is -0.914. The average molecular weight is 364 g/mol. The van der Waals surface area contributed by atoms with Crippen LogP contribution in [0.4, 0.5) is 0 Å². The molecule has 2 atom stereocenters. The largest absolute Gasteiger partial charge is 0.324 e. The van der Waals surface area contributed by atoms with Crippen LogP contribution in [-0.4, -0.2) is 35.1 Å². The summed E-state index contributed by atoms with van der Waals surface area (Å²) in [6, 6.07) is 0.603. The minimum Gasteiger partial charge on any atom is -0.324 e. The van der Waals surface area contributed by atoms with E-state index in [1.165, 1.54) is 51.5 Å². The normalized spacial score (nSPS) is 15.1. The van der Waals surface area contributed by atoms with Crippen LogP contribution in [0.15, 0.2) is 0 Å². The third kappa shape index (κ3) is 6.99. The average Bonchev–Trinajstić information content (AvgIpc) is 2.34. The van der Waals surface area contributed by atoms with E-state index in [-0.39, 0.29) is 0 Å². The first-order chi connectivity index (χ1) is 8.49. The molecule has 0 saturated heterocycles. The fourth-order valence-electron chi connectivity index (χ4n) is 2.55. The van der Waals surface area contributed by atoms with Crippen LogP contribution in [0.1, 0.15) is 58.8 Å². The Morgan fingerprint density at radius 1 is 1.06 bits per heavy atom. The fraction of sp³-hybridized carbons (Fsp3) is 0.875. The first-order valence-corrected chi connectivity index (χ1v) is 8.67. The molecule has 1 nitrogen and oxygen atoms in total. The number of hydrogen-bond acceptors (Lipinski definition) is 0. The van der Waals surface area contributed by atoms with Gasteiger partial charge in [-0.05, 0) is 12.8 Å². The molecule has 0 heterocycles. The zero-order valence-corrected chi connectivity index (χ0v) is 14.9. The van der Waals surface area contributed by atoms with E-state index in [1.807, 2.05) is 0 Å². The second-order valence-electron chi connectivity index (χ2n) is 5.84. The Labute approximate surface area is 128 Å².